The molecule has 0 radical (unpaired) electrons. The van der Waals surface area contributed by atoms with Crippen LogP contribution in [0, 0.1) is 6.92 Å². The van der Waals surface area contributed by atoms with Crippen LogP contribution in [0.15, 0.2) is 34.0 Å². The number of nitrogens with one attached hydrogen (secondary N) is 2. The summed E-state index contributed by atoms with van der Waals surface area (Å²) in [7, 11) is -0.0953. The number of nitrogens with two attached hydrogens (primary N) is 1. The molecule has 1 aliphatic heterocycles. The molecule has 4 N–H and O–H groups in total. The zero-order valence-corrected chi connectivity index (χ0v) is 24.6. The Morgan fingerprint density at radius 3 is 2.61 bits per heavy atom. The number of aromatic nitrogens is 2. The minimum Gasteiger partial charge on any atom is -0.489 e. The second-order valence-electron chi connectivity index (χ2n) is 10.0. The molecule has 2 aromatic rings. The molecule has 1 aliphatic rings. The number of hydrogen-bond donors (Lipinski definition) is 3. The van der Waals surface area contributed by atoms with Gasteiger partial charge in [0.2, 0.25) is 5.95 Å². The summed E-state index contributed by atoms with van der Waals surface area (Å²) < 4.78 is 31.5. The summed E-state index contributed by atoms with van der Waals surface area (Å²) in [5.74, 6) is 1.57. The molecule has 1 fully saturated rings. The van der Waals surface area contributed by atoms with Gasteiger partial charge in [-0.2, -0.15) is 4.98 Å². The third-order valence-electron chi connectivity index (χ3n) is 6.26. The summed E-state index contributed by atoms with van der Waals surface area (Å²) in [5.41, 5.74) is 9.21. The molecule has 1 aromatic heterocycles. The van der Waals surface area contributed by atoms with Crippen molar-refractivity contribution in [3.8, 4) is 5.75 Å². The minimum atomic E-state index is -3.74. The maximum atomic E-state index is 12.6. The van der Waals surface area contributed by atoms with E-state index in [4.69, 9.17) is 22.1 Å². The first-order valence-electron chi connectivity index (χ1n) is 12.6. The number of rotatable bonds is 10. The fourth-order valence-electron chi connectivity index (χ4n) is 4.24. The molecule has 0 amide bonds. The largest absolute Gasteiger partial charge is 0.489 e. The monoisotopic (exact) mass is 563 g/mol. The number of allylic oxidation sites excluding steroid dienone is 1. The average Bonchev–Trinajstić information content (AvgIpc) is 3.27. The highest BCUT2D eigenvalue weighted by molar-refractivity contribution is 7.95. The van der Waals surface area contributed by atoms with Crippen LogP contribution >= 0.6 is 11.6 Å². The van der Waals surface area contributed by atoms with Crippen LogP contribution in [-0.2, 0) is 9.84 Å². The molecule has 1 aromatic carbocycles. The van der Waals surface area contributed by atoms with Crippen LogP contribution in [0.3, 0.4) is 0 Å². The van der Waals surface area contributed by atoms with Crippen molar-refractivity contribution < 1.29 is 13.2 Å². The molecule has 10 nitrogen and oxygen atoms in total. The van der Waals surface area contributed by atoms with Crippen LogP contribution in [-0.4, -0.2) is 68.0 Å². The molecule has 1 atom stereocenters. The second-order valence-corrected chi connectivity index (χ2v) is 12.9. The molecule has 38 heavy (non-hydrogen) atoms. The number of likely N-dealkylation sites (tertiary alicyclic amines) is 1. The number of ether oxygens (including phenoxy) is 1. The van der Waals surface area contributed by atoms with Crippen LogP contribution < -0.4 is 21.1 Å². The van der Waals surface area contributed by atoms with E-state index in [-0.39, 0.29) is 33.6 Å². The predicted octanol–water partition coefficient (Wildman–Crippen LogP) is 4.45. The van der Waals surface area contributed by atoms with Gasteiger partial charge >= 0.3 is 0 Å². The lowest BCUT2D eigenvalue weighted by Crippen LogP contribution is -2.25. The van der Waals surface area contributed by atoms with Crippen molar-refractivity contribution in [2.24, 2.45) is 10.7 Å². The number of benzene rings is 1. The van der Waals surface area contributed by atoms with E-state index in [0.29, 0.717) is 17.4 Å². The van der Waals surface area contributed by atoms with Crippen molar-refractivity contribution in [3.63, 3.8) is 0 Å². The second kappa shape index (κ2) is 12.3. The van der Waals surface area contributed by atoms with Gasteiger partial charge in [0.1, 0.15) is 10.8 Å². The van der Waals surface area contributed by atoms with Crippen LogP contribution in [0.2, 0.25) is 5.02 Å². The first kappa shape index (κ1) is 29.7. The van der Waals surface area contributed by atoms with Gasteiger partial charge in [0.15, 0.2) is 20.7 Å². The van der Waals surface area contributed by atoms with Gasteiger partial charge in [0.05, 0.1) is 28.9 Å². The third-order valence-corrected chi connectivity index (χ3v) is 8.61. The fourth-order valence-corrected chi connectivity index (χ4v) is 5.29. The lowest BCUT2D eigenvalue weighted by molar-refractivity contribution is 0.243. The Bertz CT molecular complexity index is 1330. The van der Waals surface area contributed by atoms with E-state index in [9.17, 15) is 8.42 Å². The van der Waals surface area contributed by atoms with Gasteiger partial charge in [-0.25, -0.2) is 13.4 Å². The molecule has 0 saturated carbocycles. The van der Waals surface area contributed by atoms with E-state index >= 15 is 0 Å². The lowest BCUT2D eigenvalue weighted by atomic mass is 9.93. The molecule has 0 bridgehead atoms. The van der Waals surface area contributed by atoms with Gasteiger partial charge in [-0.1, -0.05) is 11.6 Å². The van der Waals surface area contributed by atoms with Crippen molar-refractivity contribution in [1.82, 2.24) is 14.9 Å². The van der Waals surface area contributed by atoms with E-state index in [2.05, 4.69) is 50.5 Å². The molecule has 0 spiro atoms. The highest BCUT2D eigenvalue weighted by Crippen LogP contribution is 2.37. The van der Waals surface area contributed by atoms with E-state index in [1.54, 1.807) is 13.8 Å². The number of likely N-dealkylation sites (N-methyl/N-ethyl adjacent to an activating group) is 1. The zero-order chi connectivity index (χ0) is 28.2. The average molecular weight is 564 g/mol. The quantitative estimate of drug-likeness (QED) is 0.358. The number of nitrogens with zero attached hydrogens (tertiary/aromatic N) is 4. The van der Waals surface area contributed by atoms with Gasteiger partial charge < -0.3 is 26.0 Å². The van der Waals surface area contributed by atoms with Crippen molar-refractivity contribution in [3.05, 3.63) is 45.2 Å². The third kappa shape index (κ3) is 6.95. The first-order valence-corrected chi connectivity index (χ1v) is 14.5. The number of aliphatic imine (C=N–C) groups is 1. The van der Waals surface area contributed by atoms with E-state index in [0.717, 1.165) is 25.1 Å². The smallest absolute Gasteiger partial charge is 0.229 e. The molecular formula is C26H38ClN7O3S. The Balaban J connectivity index is 1.98. The van der Waals surface area contributed by atoms with Crippen molar-refractivity contribution in [2.75, 3.05) is 37.8 Å². The summed E-state index contributed by atoms with van der Waals surface area (Å²) >= 11 is 6.35. The zero-order valence-electron chi connectivity index (χ0n) is 23.0. The molecule has 2 heterocycles. The number of hydrogen-bond acceptors (Lipinski definition) is 10. The molecular weight excluding hydrogens is 526 g/mol. The van der Waals surface area contributed by atoms with E-state index in [1.807, 2.05) is 19.9 Å². The Morgan fingerprint density at radius 2 is 2.03 bits per heavy atom. The lowest BCUT2D eigenvalue weighted by Gasteiger charge is -2.21. The van der Waals surface area contributed by atoms with Crippen LogP contribution in [0.4, 0.5) is 17.5 Å². The minimum absolute atomic E-state index is 0.0346. The summed E-state index contributed by atoms with van der Waals surface area (Å²) in [4.78, 5) is 15.1. The Kier molecular flexibility index (Phi) is 9.61. The van der Waals surface area contributed by atoms with Crippen LogP contribution in [0.25, 0.3) is 0 Å². The topological polar surface area (TPSA) is 135 Å². The van der Waals surface area contributed by atoms with Gasteiger partial charge in [0, 0.05) is 19.8 Å². The standard InChI is InChI=1S/C26H38ClN7O3S/c1-15(2)37-23-11-19(18-8-9-34(7)14-18)17(5)10-21(23)32-26-30-12-20(27)25(33-26)31-22(13-29-6)24(28)38(35,36)16(3)4/h10-13,15-16,18H,8-9,14,28H2,1-7H3,(H2,30,31,32,33). The summed E-state index contributed by atoms with van der Waals surface area (Å²) in [6.07, 6.45) is 3.81. The highest BCUT2D eigenvalue weighted by Gasteiger charge is 2.25. The normalized spacial score (nSPS) is 17.4. The highest BCUT2D eigenvalue weighted by atomic mass is 35.5. The van der Waals surface area contributed by atoms with Gasteiger partial charge in [-0.15, -0.1) is 0 Å². The SMILES string of the molecule is CN=CC(Nc1nc(Nc2cc(C)c(C3CCN(C)C3)cc2OC(C)C)ncc1Cl)=C(N)S(=O)(=O)C(C)C. The first-order chi connectivity index (χ1) is 17.8. The number of anilines is 3. The maximum Gasteiger partial charge on any atom is 0.229 e. The van der Waals surface area contributed by atoms with E-state index < -0.39 is 15.1 Å². The summed E-state index contributed by atoms with van der Waals surface area (Å²) in [6.45, 7) is 11.2. The number of sulfone groups is 1. The maximum absolute atomic E-state index is 12.6. The van der Waals surface area contributed by atoms with Gasteiger partial charge in [0.25, 0.3) is 0 Å². The van der Waals surface area contributed by atoms with Crippen molar-refractivity contribution in [1.29, 1.82) is 0 Å². The molecule has 12 heteroatoms. The molecule has 1 saturated heterocycles. The van der Waals surface area contributed by atoms with E-state index in [1.165, 1.54) is 25.0 Å². The predicted molar refractivity (Wildman–Crippen MR) is 155 cm³/mol. The fraction of sp³-hybridized carbons (Fsp3) is 0.500. The molecule has 208 valence electrons. The molecule has 3 rings (SSSR count). The number of halogens is 1. The van der Waals surface area contributed by atoms with Crippen molar-refractivity contribution in [2.45, 2.75) is 58.3 Å². The van der Waals surface area contributed by atoms with Crippen LogP contribution in [0.1, 0.15) is 51.2 Å². The number of aryl methyl sites for hydroxylation is 1. The van der Waals surface area contributed by atoms with Gasteiger partial charge in [-0.3, -0.25) is 4.99 Å². The van der Waals surface area contributed by atoms with Crippen molar-refractivity contribution >= 4 is 45.1 Å². The Morgan fingerprint density at radius 1 is 1.32 bits per heavy atom. The summed E-state index contributed by atoms with van der Waals surface area (Å²) in [6, 6.07) is 4.14. The summed E-state index contributed by atoms with van der Waals surface area (Å²) in [5, 5.41) is 5.28. The molecule has 0 aliphatic carbocycles. The molecule has 1 unspecified atom stereocenters. The Labute approximate surface area is 230 Å². The Hall–Kier alpha value is -2.89. The van der Waals surface area contributed by atoms with Gasteiger partial charge in [-0.05, 0) is 83.8 Å². The van der Waals surface area contributed by atoms with Crippen LogP contribution in [0.5, 0.6) is 5.75 Å².